The molecule has 0 aromatic heterocycles. The van der Waals surface area contributed by atoms with Crippen LogP contribution in [0.2, 0.25) is 0 Å². The Kier molecular flexibility index (Phi) is 3.57. The molecule has 0 bridgehead atoms. The van der Waals surface area contributed by atoms with E-state index >= 15 is 0 Å². The van der Waals surface area contributed by atoms with Crippen molar-refractivity contribution in [2.45, 2.75) is 6.04 Å². The molecule has 92 valence electrons. The summed E-state index contributed by atoms with van der Waals surface area (Å²) in [5.41, 5.74) is 6.60. The fourth-order valence-electron chi connectivity index (χ4n) is 1.71. The van der Waals surface area contributed by atoms with Crippen LogP contribution in [0.1, 0.15) is 11.6 Å². The number of carbonyl (C=O) groups excluding carboxylic acids is 1. The van der Waals surface area contributed by atoms with E-state index in [0.29, 0.717) is 5.56 Å². The number of primary amides is 1. The Labute approximate surface area is 104 Å². The molecule has 3 nitrogen and oxygen atoms in total. The number of anilines is 1. The Balaban J connectivity index is 2.27. The van der Waals surface area contributed by atoms with Crippen molar-refractivity contribution in [2.24, 2.45) is 5.73 Å². The molecular formula is C14H13FN2O. The van der Waals surface area contributed by atoms with E-state index in [9.17, 15) is 9.18 Å². The minimum Gasteiger partial charge on any atom is -0.370 e. The normalized spacial score (nSPS) is 11.8. The molecule has 0 aliphatic carbocycles. The molecule has 2 aromatic carbocycles. The first-order chi connectivity index (χ1) is 8.66. The van der Waals surface area contributed by atoms with E-state index < -0.39 is 17.8 Å². The zero-order valence-corrected chi connectivity index (χ0v) is 9.64. The van der Waals surface area contributed by atoms with Crippen molar-refractivity contribution in [3.8, 4) is 0 Å². The van der Waals surface area contributed by atoms with Gasteiger partial charge in [0.05, 0.1) is 0 Å². The van der Waals surface area contributed by atoms with Gasteiger partial charge in [0.1, 0.15) is 11.9 Å². The van der Waals surface area contributed by atoms with Crippen LogP contribution >= 0.6 is 0 Å². The van der Waals surface area contributed by atoms with Crippen molar-refractivity contribution in [3.05, 3.63) is 66.0 Å². The van der Waals surface area contributed by atoms with Crippen molar-refractivity contribution in [1.29, 1.82) is 0 Å². The lowest BCUT2D eigenvalue weighted by atomic mass is 10.1. The lowest BCUT2D eigenvalue weighted by Gasteiger charge is -2.17. The van der Waals surface area contributed by atoms with E-state index in [1.807, 2.05) is 30.3 Å². The van der Waals surface area contributed by atoms with Gasteiger partial charge in [-0.1, -0.05) is 30.3 Å². The van der Waals surface area contributed by atoms with Crippen LogP contribution < -0.4 is 11.1 Å². The third-order valence-electron chi connectivity index (χ3n) is 2.55. The lowest BCUT2D eigenvalue weighted by Crippen LogP contribution is -2.27. The molecule has 1 atom stereocenters. The first kappa shape index (κ1) is 12.1. The van der Waals surface area contributed by atoms with Crippen molar-refractivity contribution >= 4 is 11.6 Å². The molecule has 0 saturated carbocycles. The van der Waals surface area contributed by atoms with Crippen LogP contribution in [0.15, 0.2) is 54.6 Å². The van der Waals surface area contributed by atoms with Gasteiger partial charge in [-0.2, -0.15) is 0 Å². The van der Waals surface area contributed by atoms with Crippen LogP contribution in [0.5, 0.6) is 0 Å². The maximum atomic E-state index is 13.1. The highest BCUT2D eigenvalue weighted by atomic mass is 19.1. The van der Waals surface area contributed by atoms with Crippen LogP contribution in [0.25, 0.3) is 0 Å². The van der Waals surface area contributed by atoms with Crippen LogP contribution in [-0.4, -0.2) is 5.91 Å². The van der Waals surface area contributed by atoms with Gasteiger partial charge in [-0.05, 0) is 29.8 Å². The summed E-state index contributed by atoms with van der Waals surface area (Å²) in [4.78, 5) is 11.5. The summed E-state index contributed by atoms with van der Waals surface area (Å²) in [5, 5.41) is 2.98. The van der Waals surface area contributed by atoms with Crippen molar-refractivity contribution < 1.29 is 9.18 Å². The van der Waals surface area contributed by atoms with Crippen LogP contribution in [0.3, 0.4) is 0 Å². The maximum Gasteiger partial charge on any atom is 0.244 e. The zero-order valence-electron chi connectivity index (χ0n) is 9.64. The molecule has 2 rings (SSSR count). The second kappa shape index (κ2) is 5.31. The molecule has 0 spiro atoms. The summed E-state index contributed by atoms with van der Waals surface area (Å²) < 4.78 is 13.1. The summed E-state index contributed by atoms with van der Waals surface area (Å²) >= 11 is 0. The van der Waals surface area contributed by atoms with Gasteiger partial charge in [0, 0.05) is 5.69 Å². The van der Waals surface area contributed by atoms with Gasteiger partial charge in [0.15, 0.2) is 0 Å². The Hall–Kier alpha value is -2.36. The fraction of sp³-hybridized carbons (Fsp3) is 0.0714. The Morgan fingerprint density at radius 1 is 1.11 bits per heavy atom. The average molecular weight is 244 g/mol. The molecule has 0 saturated heterocycles. The van der Waals surface area contributed by atoms with E-state index in [1.165, 1.54) is 12.1 Å². The molecule has 0 radical (unpaired) electrons. The van der Waals surface area contributed by atoms with Gasteiger partial charge in [-0.25, -0.2) is 4.39 Å². The van der Waals surface area contributed by atoms with Gasteiger partial charge >= 0.3 is 0 Å². The second-order valence-electron chi connectivity index (χ2n) is 3.90. The molecule has 0 fully saturated rings. The average Bonchev–Trinajstić information content (AvgIpc) is 2.37. The number of hydrogen-bond donors (Lipinski definition) is 2. The first-order valence-corrected chi connectivity index (χ1v) is 5.53. The van der Waals surface area contributed by atoms with Crippen molar-refractivity contribution in [3.63, 3.8) is 0 Å². The van der Waals surface area contributed by atoms with Crippen LogP contribution in [0.4, 0.5) is 10.1 Å². The minimum absolute atomic E-state index is 0.395. The summed E-state index contributed by atoms with van der Waals surface area (Å²) in [6.45, 7) is 0. The second-order valence-corrected chi connectivity index (χ2v) is 3.90. The summed E-state index contributed by atoms with van der Waals surface area (Å²) in [7, 11) is 0. The Morgan fingerprint density at radius 3 is 2.44 bits per heavy atom. The van der Waals surface area contributed by atoms with Gasteiger partial charge < -0.3 is 11.1 Å². The minimum atomic E-state index is -0.747. The largest absolute Gasteiger partial charge is 0.370 e. The SMILES string of the molecule is NC(=O)C(Nc1ccccc1)c1cccc(F)c1. The molecule has 4 heteroatoms. The number of para-hydroxylation sites is 1. The van der Waals surface area contributed by atoms with Gasteiger partial charge in [-0.15, -0.1) is 0 Å². The predicted molar refractivity (Wildman–Crippen MR) is 68.4 cm³/mol. The molecular weight excluding hydrogens is 231 g/mol. The molecule has 1 unspecified atom stereocenters. The quantitative estimate of drug-likeness (QED) is 0.868. The zero-order chi connectivity index (χ0) is 13.0. The number of amides is 1. The highest BCUT2D eigenvalue weighted by molar-refractivity contribution is 5.84. The Bertz CT molecular complexity index is 543. The topological polar surface area (TPSA) is 55.1 Å². The van der Waals surface area contributed by atoms with Crippen LogP contribution in [-0.2, 0) is 4.79 Å². The van der Waals surface area contributed by atoms with Gasteiger partial charge in [0.25, 0.3) is 0 Å². The van der Waals surface area contributed by atoms with E-state index in [1.54, 1.807) is 12.1 Å². The van der Waals surface area contributed by atoms with Crippen LogP contribution in [0, 0.1) is 5.82 Å². The predicted octanol–water partition coefficient (Wildman–Crippen LogP) is 2.46. The Morgan fingerprint density at radius 2 is 1.83 bits per heavy atom. The van der Waals surface area contributed by atoms with E-state index in [-0.39, 0.29) is 0 Å². The summed E-state index contributed by atoms with van der Waals surface area (Å²) in [5.74, 6) is -0.946. The molecule has 0 aliphatic heterocycles. The van der Waals surface area contributed by atoms with Gasteiger partial charge in [0.2, 0.25) is 5.91 Å². The third kappa shape index (κ3) is 2.85. The smallest absolute Gasteiger partial charge is 0.244 e. The monoisotopic (exact) mass is 244 g/mol. The number of rotatable bonds is 4. The highest BCUT2D eigenvalue weighted by Crippen LogP contribution is 2.19. The summed E-state index contributed by atoms with van der Waals surface area (Å²) in [6, 6.07) is 14.3. The summed E-state index contributed by atoms with van der Waals surface area (Å²) in [6.07, 6.45) is 0. The number of nitrogens with one attached hydrogen (secondary N) is 1. The first-order valence-electron chi connectivity index (χ1n) is 5.53. The van der Waals surface area contributed by atoms with Gasteiger partial charge in [-0.3, -0.25) is 4.79 Å². The molecule has 18 heavy (non-hydrogen) atoms. The number of hydrogen-bond acceptors (Lipinski definition) is 2. The highest BCUT2D eigenvalue weighted by Gasteiger charge is 2.17. The molecule has 0 aliphatic rings. The van der Waals surface area contributed by atoms with Crippen molar-refractivity contribution in [1.82, 2.24) is 0 Å². The number of carbonyl (C=O) groups is 1. The van der Waals surface area contributed by atoms with E-state index in [0.717, 1.165) is 5.69 Å². The standard InChI is InChI=1S/C14H13FN2O/c15-11-6-4-5-10(9-11)13(14(16)18)17-12-7-2-1-3-8-12/h1-9,13,17H,(H2,16,18). The molecule has 0 heterocycles. The number of nitrogens with two attached hydrogens (primary N) is 1. The maximum absolute atomic E-state index is 13.1. The number of halogens is 1. The number of benzene rings is 2. The molecule has 1 amide bonds. The lowest BCUT2D eigenvalue weighted by molar-refractivity contribution is -0.118. The van der Waals surface area contributed by atoms with E-state index in [2.05, 4.69) is 5.32 Å². The fourth-order valence-corrected chi connectivity index (χ4v) is 1.71. The third-order valence-corrected chi connectivity index (χ3v) is 2.55. The molecule has 3 N–H and O–H groups in total. The van der Waals surface area contributed by atoms with Crippen molar-refractivity contribution in [2.75, 3.05) is 5.32 Å². The molecule has 2 aromatic rings. The van der Waals surface area contributed by atoms with E-state index in [4.69, 9.17) is 5.73 Å².